The molecule has 17 heavy (non-hydrogen) atoms. The zero-order valence-corrected chi connectivity index (χ0v) is 10.9. The number of hydrogen-bond donors (Lipinski definition) is 1. The Kier molecular flexibility index (Phi) is 4.51. The van der Waals surface area contributed by atoms with Crippen molar-refractivity contribution in [2.45, 2.75) is 26.2 Å². The lowest BCUT2D eigenvalue weighted by atomic mass is 9.84. The van der Waals surface area contributed by atoms with E-state index in [0.29, 0.717) is 38.9 Å². The van der Waals surface area contributed by atoms with Gasteiger partial charge in [-0.3, -0.25) is 9.59 Å². The highest BCUT2D eigenvalue weighted by atomic mass is 16.4. The van der Waals surface area contributed by atoms with Gasteiger partial charge in [0.25, 0.3) is 0 Å². The number of carbonyl (C=O) groups excluding carboxylic acids is 1. The van der Waals surface area contributed by atoms with E-state index in [9.17, 15) is 14.7 Å². The average Bonchev–Trinajstić information content (AvgIpc) is 2.71. The second-order valence-corrected chi connectivity index (χ2v) is 5.06. The van der Waals surface area contributed by atoms with Crippen LogP contribution in [-0.4, -0.2) is 60.5 Å². The van der Waals surface area contributed by atoms with Crippen LogP contribution in [0.2, 0.25) is 0 Å². The van der Waals surface area contributed by atoms with Crippen molar-refractivity contribution in [2.24, 2.45) is 5.41 Å². The van der Waals surface area contributed by atoms with E-state index in [1.54, 1.807) is 4.90 Å². The Morgan fingerprint density at radius 2 is 2.06 bits per heavy atom. The Hall–Kier alpha value is -1.10. The second kappa shape index (κ2) is 5.49. The fourth-order valence-electron chi connectivity index (χ4n) is 2.18. The largest absolute Gasteiger partial charge is 0.481 e. The molecule has 0 spiro atoms. The van der Waals surface area contributed by atoms with Crippen LogP contribution >= 0.6 is 0 Å². The van der Waals surface area contributed by atoms with Gasteiger partial charge in [0, 0.05) is 26.1 Å². The average molecular weight is 242 g/mol. The van der Waals surface area contributed by atoms with E-state index < -0.39 is 11.4 Å². The molecule has 1 fully saturated rings. The number of carbonyl (C=O) groups is 2. The van der Waals surface area contributed by atoms with Crippen LogP contribution in [-0.2, 0) is 9.59 Å². The molecule has 1 saturated heterocycles. The zero-order valence-electron chi connectivity index (χ0n) is 10.9. The predicted octanol–water partition coefficient (Wildman–Crippen LogP) is 0.651. The van der Waals surface area contributed by atoms with E-state index in [1.807, 2.05) is 25.9 Å². The molecule has 1 N–H and O–H groups in total. The standard InChI is InChI=1S/C12H22N2O3/c1-4-12(11(16)17)6-8-14(9-12)10(15)5-7-13(2)3/h4-9H2,1-3H3,(H,16,17). The van der Waals surface area contributed by atoms with E-state index >= 15 is 0 Å². The van der Waals surface area contributed by atoms with Gasteiger partial charge in [0.15, 0.2) is 0 Å². The molecular weight excluding hydrogens is 220 g/mol. The van der Waals surface area contributed by atoms with Crippen molar-refractivity contribution in [1.29, 1.82) is 0 Å². The van der Waals surface area contributed by atoms with Crippen molar-refractivity contribution < 1.29 is 14.7 Å². The van der Waals surface area contributed by atoms with Crippen LogP contribution in [0.15, 0.2) is 0 Å². The first-order valence-corrected chi connectivity index (χ1v) is 6.07. The zero-order chi connectivity index (χ0) is 13.1. The summed E-state index contributed by atoms with van der Waals surface area (Å²) in [6.45, 7) is 3.53. The van der Waals surface area contributed by atoms with Crippen LogP contribution in [0.5, 0.6) is 0 Å². The van der Waals surface area contributed by atoms with Crippen LogP contribution in [0.25, 0.3) is 0 Å². The Morgan fingerprint density at radius 1 is 1.41 bits per heavy atom. The van der Waals surface area contributed by atoms with Crippen molar-refractivity contribution in [1.82, 2.24) is 9.80 Å². The van der Waals surface area contributed by atoms with Crippen molar-refractivity contribution in [3.63, 3.8) is 0 Å². The molecule has 1 atom stereocenters. The Labute approximate surface area is 102 Å². The van der Waals surface area contributed by atoms with Crippen LogP contribution in [0.4, 0.5) is 0 Å². The maximum Gasteiger partial charge on any atom is 0.311 e. The van der Waals surface area contributed by atoms with Gasteiger partial charge in [0.2, 0.25) is 5.91 Å². The number of amides is 1. The molecule has 0 aromatic heterocycles. The van der Waals surface area contributed by atoms with Gasteiger partial charge < -0.3 is 14.9 Å². The van der Waals surface area contributed by atoms with Gasteiger partial charge in [0.1, 0.15) is 0 Å². The highest BCUT2D eigenvalue weighted by Crippen LogP contribution is 2.34. The molecule has 0 saturated carbocycles. The molecule has 1 unspecified atom stereocenters. The second-order valence-electron chi connectivity index (χ2n) is 5.06. The topological polar surface area (TPSA) is 60.9 Å². The number of aliphatic carboxylic acids is 1. The van der Waals surface area contributed by atoms with Gasteiger partial charge in [-0.25, -0.2) is 0 Å². The molecule has 0 aromatic rings. The lowest BCUT2D eigenvalue weighted by molar-refractivity contribution is -0.148. The lowest BCUT2D eigenvalue weighted by Crippen LogP contribution is -2.37. The number of carboxylic acid groups (broad SMARTS) is 1. The molecule has 0 bridgehead atoms. The van der Waals surface area contributed by atoms with Crippen molar-refractivity contribution in [2.75, 3.05) is 33.7 Å². The molecule has 0 aromatic carbocycles. The molecule has 1 heterocycles. The van der Waals surface area contributed by atoms with E-state index in [4.69, 9.17) is 0 Å². The maximum atomic E-state index is 11.9. The van der Waals surface area contributed by atoms with Crippen LogP contribution in [0.1, 0.15) is 26.2 Å². The van der Waals surface area contributed by atoms with Gasteiger partial charge in [0.05, 0.1) is 5.41 Å². The summed E-state index contributed by atoms with van der Waals surface area (Å²) in [4.78, 5) is 26.8. The summed E-state index contributed by atoms with van der Waals surface area (Å²) in [5, 5.41) is 9.24. The Balaban J connectivity index is 2.54. The summed E-state index contributed by atoms with van der Waals surface area (Å²) in [6.07, 6.45) is 1.62. The monoisotopic (exact) mass is 242 g/mol. The molecule has 0 radical (unpaired) electrons. The first-order valence-electron chi connectivity index (χ1n) is 6.07. The summed E-state index contributed by atoms with van der Waals surface area (Å²) < 4.78 is 0. The number of rotatable bonds is 5. The summed E-state index contributed by atoms with van der Waals surface area (Å²) >= 11 is 0. The van der Waals surface area contributed by atoms with Crippen molar-refractivity contribution in [3.05, 3.63) is 0 Å². The number of likely N-dealkylation sites (tertiary alicyclic amines) is 1. The molecule has 1 amide bonds. The fraction of sp³-hybridized carbons (Fsp3) is 0.833. The summed E-state index contributed by atoms with van der Waals surface area (Å²) in [6, 6.07) is 0. The summed E-state index contributed by atoms with van der Waals surface area (Å²) in [7, 11) is 3.84. The molecule has 98 valence electrons. The van der Waals surface area contributed by atoms with E-state index in [2.05, 4.69) is 0 Å². The number of nitrogens with zero attached hydrogens (tertiary/aromatic N) is 2. The van der Waals surface area contributed by atoms with Crippen LogP contribution < -0.4 is 0 Å². The molecule has 5 nitrogen and oxygen atoms in total. The van der Waals surface area contributed by atoms with E-state index in [1.165, 1.54) is 0 Å². The van der Waals surface area contributed by atoms with Gasteiger partial charge in [-0.05, 0) is 26.9 Å². The van der Waals surface area contributed by atoms with Crippen molar-refractivity contribution in [3.8, 4) is 0 Å². The minimum atomic E-state index is -0.775. The first kappa shape index (κ1) is 14.0. The molecule has 5 heteroatoms. The molecule has 1 aliphatic heterocycles. The minimum absolute atomic E-state index is 0.0651. The molecule has 1 aliphatic rings. The fourth-order valence-corrected chi connectivity index (χ4v) is 2.18. The molecule has 1 rings (SSSR count). The maximum absolute atomic E-state index is 11.9. The SMILES string of the molecule is CCC1(C(=O)O)CCN(C(=O)CCN(C)C)C1. The molecular formula is C12H22N2O3. The lowest BCUT2D eigenvalue weighted by Gasteiger charge is -2.23. The smallest absolute Gasteiger partial charge is 0.311 e. The van der Waals surface area contributed by atoms with Gasteiger partial charge in [-0.2, -0.15) is 0 Å². The van der Waals surface area contributed by atoms with E-state index in [0.717, 1.165) is 0 Å². The third-order valence-corrected chi connectivity index (χ3v) is 3.61. The molecule has 0 aliphatic carbocycles. The number of carboxylic acids is 1. The quantitative estimate of drug-likeness (QED) is 0.769. The van der Waals surface area contributed by atoms with Gasteiger partial charge in [-0.15, -0.1) is 0 Å². The third-order valence-electron chi connectivity index (χ3n) is 3.61. The Morgan fingerprint density at radius 3 is 2.47 bits per heavy atom. The number of hydrogen-bond acceptors (Lipinski definition) is 3. The minimum Gasteiger partial charge on any atom is -0.481 e. The predicted molar refractivity (Wildman–Crippen MR) is 64.7 cm³/mol. The van der Waals surface area contributed by atoms with E-state index in [-0.39, 0.29) is 5.91 Å². The van der Waals surface area contributed by atoms with Crippen LogP contribution in [0.3, 0.4) is 0 Å². The highest BCUT2D eigenvalue weighted by Gasteiger charge is 2.44. The van der Waals surface area contributed by atoms with Gasteiger partial charge >= 0.3 is 5.97 Å². The normalized spacial score (nSPS) is 24.4. The Bertz CT molecular complexity index is 304. The third kappa shape index (κ3) is 3.19. The first-order chi connectivity index (χ1) is 7.91. The van der Waals surface area contributed by atoms with Crippen LogP contribution in [0, 0.1) is 5.41 Å². The summed E-state index contributed by atoms with van der Waals surface area (Å²) in [5.74, 6) is -0.710. The van der Waals surface area contributed by atoms with Gasteiger partial charge in [-0.1, -0.05) is 6.92 Å². The summed E-state index contributed by atoms with van der Waals surface area (Å²) in [5.41, 5.74) is -0.715. The highest BCUT2D eigenvalue weighted by molar-refractivity contribution is 5.80. The van der Waals surface area contributed by atoms with Crippen molar-refractivity contribution >= 4 is 11.9 Å².